The quantitative estimate of drug-likeness (QED) is 0.572. The predicted molar refractivity (Wildman–Crippen MR) is 72.0 cm³/mol. The van der Waals surface area contributed by atoms with Crippen molar-refractivity contribution in [3.8, 4) is 5.69 Å². The molecule has 0 bridgehead atoms. The zero-order valence-electron chi connectivity index (χ0n) is 10.7. The van der Waals surface area contributed by atoms with Crippen LogP contribution in [0.25, 0.3) is 5.69 Å². The summed E-state index contributed by atoms with van der Waals surface area (Å²) in [5, 5.41) is 4.33. The first kappa shape index (κ1) is 12.6. The van der Waals surface area contributed by atoms with Crippen LogP contribution < -0.4 is 0 Å². The lowest BCUT2D eigenvalue weighted by Gasteiger charge is -2.00. The van der Waals surface area contributed by atoms with Gasteiger partial charge in [0.1, 0.15) is 5.69 Å². The van der Waals surface area contributed by atoms with E-state index < -0.39 is 0 Å². The van der Waals surface area contributed by atoms with E-state index >= 15 is 0 Å². The zero-order valence-corrected chi connectivity index (χ0v) is 10.7. The van der Waals surface area contributed by atoms with Crippen molar-refractivity contribution in [1.82, 2.24) is 9.78 Å². The third kappa shape index (κ3) is 3.06. The molecule has 1 heterocycles. The largest absolute Gasteiger partial charge is 0.292 e. The molecule has 0 aliphatic carbocycles. The van der Waals surface area contributed by atoms with Gasteiger partial charge >= 0.3 is 0 Å². The maximum absolute atomic E-state index is 11.9. The van der Waals surface area contributed by atoms with Crippen molar-refractivity contribution in [3.05, 3.63) is 48.3 Å². The molecule has 0 spiro atoms. The molecule has 0 aliphatic rings. The number of hydrogen-bond acceptors (Lipinski definition) is 2. The number of para-hydroxylation sites is 1. The van der Waals surface area contributed by atoms with Crippen molar-refractivity contribution in [2.75, 3.05) is 0 Å². The normalized spacial score (nSPS) is 10.5. The summed E-state index contributed by atoms with van der Waals surface area (Å²) in [4.78, 5) is 11.9. The molecule has 3 nitrogen and oxygen atoms in total. The van der Waals surface area contributed by atoms with Gasteiger partial charge in [-0.25, -0.2) is 4.68 Å². The van der Waals surface area contributed by atoms with Gasteiger partial charge < -0.3 is 0 Å². The number of hydrogen-bond donors (Lipinski definition) is 0. The smallest absolute Gasteiger partial charge is 0.183 e. The third-order valence-electron chi connectivity index (χ3n) is 2.90. The van der Waals surface area contributed by atoms with E-state index in [-0.39, 0.29) is 5.78 Å². The number of benzene rings is 1. The minimum absolute atomic E-state index is 0.137. The molecule has 2 rings (SSSR count). The Balaban J connectivity index is 2.04. The van der Waals surface area contributed by atoms with Crippen LogP contribution in [0, 0.1) is 0 Å². The number of carbonyl (C=O) groups is 1. The van der Waals surface area contributed by atoms with E-state index in [0.29, 0.717) is 12.1 Å². The molecule has 2 aromatic rings. The highest BCUT2D eigenvalue weighted by Crippen LogP contribution is 2.10. The molecule has 1 aromatic carbocycles. The highest BCUT2D eigenvalue weighted by atomic mass is 16.1. The lowest BCUT2D eigenvalue weighted by atomic mass is 10.1. The second-order valence-corrected chi connectivity index (χ2v) is 4.36. The van der Waals surface area contributed by atoms with Gasteiger partial charge in [-0.1, -0.05) is 38.0 Å². The molecule has 0 radical (unpaired) electrons. The molecule has 0 unspecified atom stereocenters. The number of ketones is 1. The topological polar surface area (TPSA) is 34.9 Å². The summed E-state index contributed by atoms with van der Waals surface area (Å²) in [6.07, 6.45) is 5.62. The van der Waals surface area contributed by atoms with E-state index in [2.05, 4.69) is 12.0 Å². The Morgan fingerprint density at radius 3 is 2.67 bits per heavy atom. The fraction of sp³-hybridized carbons (Fsp3) is 0.333. The molecule has 0 fully saturated rings. The van der Waals surface area contributed by atoms with Gasteiger partial charge in [-0.05, 0) is 24.6 Å². The van der Waals surface area contributed by atoms with E-state index in [9.17, 15) is 4.79 Å². The zero-order chi connectivity index (χ0) is 12.8. The summed E-state index contributed by atoms with van der Waals surface area (Å²) >= 11 is 0. The van der Waals surface area contributed by atoms with Crippen molar-refractivity contribution >= 4 is 5.78 Å². The fourth-order valence-corrected chi connectivity index (χ4v) is 1.86. The molecule has 0 N–H and O–H groups in total. The molecule has 0 saturated carbocycles. The average molecular weight is 242 g/mol. The SMILES string of the molecule is CCCCCC(=O)c1ccn(-c2ccccc2)n1. The number of carbonyl (C=O) groups excluding carboxylic acids is 1. The highest BCUT2D eigenvalue weighted by Gasteiger charge is 2.09. The monoisotopic (exact) mass is 242 g/mol. The summed E-state index contributed by atoms with van der Waals surface area (Å²) < 4.78 is 1.74. The second-order valence-electron chi connectivity index (χ2n) is 4.36. The molecule has 0 atom stereocenters. The van der Waals surface area contributed by atoms with Crippen LogP contribution in [-0.2, 0) is 0 Å². The van der Waals surface area contributed by atoms with E-state index in [0.717, 1.165) is 24.9 Å². The lowest BCUT2D eigenvalue weighted by molar-refractivity contribution is 0.0974. The highest BCUT2D eigenvalue weighted by molar-refractivity contribution is 5.94. The molecule has 18 heavy (non-hydrogen) atoms. The van der Waals surface area contributed by atoms with Crippen LogP contribution in [0.3, 0.4) is 0 Å². The second kappa shape index (κ2) is 6.15. The Morgan fingerprint density at radius 2 is 1.94 bits per heavy atom. The van der Waals surface area contributed by atoms with Crippen LogP contribution in [0.2, 0.25) is 0 Å². The summed E-state index contributed by atoms with van der Waals surface area (Å²) in [6.45, 7) is 2.13. The number of nitrogens with zero attached hydrogens (tertiary/aromatic N) is 2. The summed E-state index contributed by atoms with van der Waals surface area (Å²) in [5.41, 5.74) is 1.54. The third-order valence-corrected chi connectivity index (χ3v) is 2.90. The maximum Gasteiger partial charge on any atom is 0.183 e. The number of unbranched alkanes of at least 4 members (excludes halogenated alkanes) is 2. The predicted octanol–water partition coefficient (Wildman–Crippen LogP) is 3.64. The summed E-state index contributed by atoms with van der Waals surface area (Å²) in [7, 11) is 0. The first-order valence-corrected chi connectivity index (χ1v) is 6.45. The Labute approximate surface area is 107 Å². The first-order valence-electron chi connectivity index (χ1n) is 6.45. The Hall–Kier alpha value is -1.90. The van der Waals surface area contributed by atoms with E-state index in [1.165, 1.54) is 0 Å². The molecule has 0 aliphatic heterocycles. The van der Waals surface area contributed by atoms with Gasteiger partial charge in [-0.3, -0.25) is 4.79 Å². The molecule has 1 aromatic heterocycles. The minimum atomic E-state index is 0.137. The van der Waals surface area contributed by atoms with E-state index in [4.69, 9.17) is 0 Å². The van der Waals surface area contributed by atoms with Crippen molar-refractivity contribution in [3.63, 3.8) is 0 Å². The number of Topliss-reactive ketones (excluding diaryl/α,β-unsaturated/α-hetero) is 1. The Morgan fingerprint density at radius 1 is 1.17 bits per heavy atom. The van der Waals surface area contributed by atoms with Crippen LogP contribution >= 0.6 is 0 Å². The van der Waals surface area contributed by atoms with E-state index in [1.807, 2.05) is 36.5 Å². The van der Waals surface area contributed by atoms with Gasteiger partial charge in [0.05, 0.1) is 5.69 Å². The molecular weight excluding hydrogens is 224 g/mol. The Bertz CT molecular complexity index is 502. The van der Waals surface area contributed by atoms with Crippen molar-refractivity contribution in [2.24, 2.45) is 0 Å². The van der Waals surface area contributed by atoms with Gasteiger partial charge in [0.15, 0.2) is 5.78 Å². The van der Waals surface area contributed by atoms with Gasteiger partial charge in [0.2, 0.25) is 0 Å². The van der Waals surface area contributed by atoms with Crippen LogP contribution in [0.1, 0.15) is 43.1 Å². The van der Waals surface area contributed by atoms with Crippen LogP contribution in [-0.4, -0.2) is 15.6 Å². The Kier molecular flexibility index (Phi) is 4.29. The van der Waals surface area contributed by atoms with Gasteiger partial charge in [-0.2, -0.15) is 5.10 Å². The lowest BCUT2D eigenvalue weighted by Crippen LogP contribution is -2.02. The summed E-state index contributed by atoms with van der Waals surface area (Å²) in [5.74, 6) is 0.137. The van der Waals surface area contributed by atoms with Crippen LogP contribution in [0.5, 0.6) is 0 Å². The van der Waals surface area contributed by atoms with Crippen molar-refractivity contribution < 1.29 is 4.79 Å². The molecule has 0 saturated heterocycles. The van der Waals surface area contributed by atoms with Gasteiger partial charge in [0.25, 0.3) is 0 Å². The van der Waals surface area contributed by atoms with Crippen molar-refractivity contribution in [2.45, 2.75) is 32.6 Å². The number of rotatable bonds is 6. The fourth-order valence-electron chi connectivity index (χ4n) is 1.86. The van der Waals surface area contributed by atoms with Crippen LogP contribution in [0.15, 0.2) is 42.6 Å². The van der Waals surface area contributed by atoms with Crippen molar-refractivity contribution in [1.29, 1.82) is 0 Å². The average Bonchev–Trinajstić information content (AvgIpc) is 2.89. The summed E-state index contributed by atoms with van der Waals surface area (Å²) in [6, 6.07) is 11.6. The van der Waals surface area contributed by atoms with E-state index in [1.54, 1.807) is 10.7 Å². The van der Waals surface area contributed by atoms with Gasteiger partial charge in [-0.15, -0.1) is 0 Å². The molecular formula is C15H18N2O. The first-order chi connectivity index (χ1) is 8.81. The maximum atomic E-state index is 11.9. The van der Waals surface area contributed by atoms with Gasteiger partial charge in [0, 0.05) is 12.6 Å². The minimum Gasteiger partial charge on any atom is -0.292 e. The number of aromatic nitrogens is 2. The standard InChI is InChI=1S/C15H18N2O/c1-2-3-5-10-15(18)14-11-12-17(16-14)13-8-6-4-7-9-13/h4,6-9,11-12H,2-3,5,10H2,1H3. The molecule has 3 heteroatoms. The molecule has 0 amide bonds. The molecule has 94 valence electrons. The van der Waals surface area contributed by atoms with Crippen LogP contribution in [0.4, 0.5) is 0 Å².